The molecule has 1 fully saturated rings. The number of aryl methyl sites for hydroxylation is 1. The quantitative estimate of drug-likeness (QED) is 0.359. The molecule has 12 nitrogen and oxygen atoms in total. The van der Waals surface area contributed by atoms with Gasteiger partial charge in [-0.05, 0) is 6.92 Å². The zero-order valence-electron chi connectivity index (χ0n) is 13.0. The Bertz CT molecular complexity index is 755. The van der Waals surface area contributed by atoms with Gasteiger partial charge in [0.25, 0.3) is 0 Å². The largest absolute Gasteiger partial charge is 0.469 e. The topological polar surface area (TPSA) is 189 Å². The maximum atomic E-state index is 12.3. The number of nitrogens with zero attached hydrogens (tertiary/aromatic N) is 3. The van der Waals surface area contributed by atoms with Crippen molar-refractivity contribution in [1.29, 1.82) is 0 Å². The number of hydrogen-bond donors (Lipinski definition) is 5. The Morgan fingerprint density at radius 1 is 1.36 bits per heavy atom. The van der Waals surface area contributed by atoms with Crippen molar-refractivity contribution in [3.05, 3.63) is 11.4 Å². The fraction of sp³-hybridized carbons (Fsp3) is 0.583. The maximum Gasteiger partial charge on any atom is 0.469 e. The van der Waals surface area contributed by atoms with E-state index in [1.807, 2.05) is 0 Å². The molecule has 0 aliphatic carbocycles. The van der Waals surface area contributed by atoms with Crippen LogP contribution < -0.4 is 10.6 Å². The van der Waals surface area contributed by atoms with Crippen molar-refractivity contribution in [2.45, 2.75) is 37.9 Å². The van der Waals surface area contributed by atoms with E-state index in [1.165, 1.54) is 0 Å². The van der Waals surface area contributed by atoms with Crippen LogP contribution in [0.3, 0.4) is 0 Å². The lowest BCUT2D eigenvalue weighted by molar-refractivity contribution is -0.121. The van der Waals surface area contributed by atoms with Crippen LogP contribution in [0.2, 0.25) is 0 Å². The fourth-order valence-corrected chi connectivity index (χ4v) is 3.18. The number of carbonyl (C=O) groups excluding carboxylic acids is 1. The lowest BCUT2D eigenvalue weighted by Gasteiger charge is -2.26. The zero-order chi connectivity index (χ0) is 18.5. The zero-order valence-corrected chi connectivity index (χ0v) is 13.9. The molecule has 4 atom stereocenters. The minimum absolute atomic E-state index is 0.0895. The molecule has 1 aromatic rings. The Hall–Kier alpha value is -1.66. The molecule has 0 saturated carbocycles. The Labute approximate surface area is 141 Å². The predicted octanol–water partition coefficient (Wildman–Crippen LogP) is -2.19. The number of rotatable bonds is 4. The highest BCUT2D eigenvalue weighted by atomic mass is 31.2. The molecule has 138 valence electrons. The number of phosphoric acid groups is 1. The Morgan fingerprint density at radius 2 is 2.04 bits per heavy atom. The van der Waals surface area contributed by atoms with Crippen LogP contribution in [0, 0.1) is 6.92 Å². The summed E-state index contributed by atoms with van der Waals surface area (Å²) in [6, 6.07) is 0. The van der Waals surface area contributed by atoms with Crippen LogP contribution in [-0.2, 0) is 25.0 Å². The third-order valence-electron chi connectivity index (χ3n) is 3.95. The Morgan fingerprint density at radius 3 is 2.68 bits per heavy atom. The summed E-state index contributed by atoms with van der Waals surface area (Å²) in [5.74, 6) is 0.148. The molecule has 0 aromatic carbocycles. The highest BCUT2D eigenvalue weighted by Crippen LogP contribution is 2.39. The summed E-state index contributed by atoms with van der Waals surface area (Å²) in [6.45, 7) is 0.911. The van der Waals surface area contributed by atoms with Gasteiger partial charge in [-0.1, -0.05) is 0 Å². The van der Waals surface area contributed by atoms with Gasteiger partial charge in [0, 0.05) is 5.56 Å². The van der Waals surface area contributed by atoms with E-state index in [0.29, 0.717) is 11.4 Å². The summed E-state index contributed by atoms with van der Waals surface area (Å²) in [7, 11) is -4.78. The van der Waals surface area contributed by atoms with E-state index in [1.54, 1.807) is 6.92 Å². The Balaban J connectivity index is 1.85. The SMILES string of the molecule is Cc1nc(N)c2c(n1)N([C@@H]1O[C@H](COP(=O)(O)O)[C@@H](O)[C@H]1O)C(=O)C2. The van der Waals surface area contributed by atoms with Gasteiger partial charge in [0.15, 0.2) is 6.23 Å². The first kappa shape index (κ1) is 18.1. The first-order valence-electron chi connectivity index (χ1n) is 7.25. The second-order valence-electron chi connectivity index (χ2n) is 5.73. The molecule has 25 heavy (non-hydrogen) atoms. The van der Waals surface area contributed by atoms with Gasteiger partial charge in [0.2, 0.25) is 5.91 Å². The van der Waals surface area contributed by atoms with Crippen molar-refractivity contribution >= 4 is 25.4 Å². The second kappa shape index (κ2) is 6.25. The first-order valence-corrected chi connectivity index (χ1v) is 8.78. The van der Waals surface area contributed by atoms with Crippen LogP contribution in [0.1, 0.15) is 11.4 Å². The molecule has 1 aromatic heterocycles. The number of anilines is 2. The van der Waals surface area contributed by atoms with E-state index in [4.69, 9.17) is 20.3 Å². The van der Waals surface area contributed by atoms with Crippen molar-refractivity contribution in [3.8, 4) is 0 Å². The van der Waals surface area contributed by atoms with Crippen molar-refractivity contribution in [3.63, 3.8) is 0 Å². The average Bonchev–Trinajstić information content (AvgIpc) is 2.95. The lowest BCUT2D eigenvalue weighted by Crippen LogP contribution is -2.46. The molecule has 1 amide bonds. The van der Waals surface area contributed by atoms with Crippen molar-refractivity contribution in [2.75, 3.05) is 17.2 Å². The summed E-state index contributed by atoms with van der Waals surface area (Å²) in [6.07, 6.45) is -5.69. The highest BCUT2D eigenvalue weighted by Gasteiger charge is 2.50. The minimum Gasteiger partial charge on any atom is -0.387 e. The monoisotopic (exact) mass is 376 g/mol. The average molecular weight is 376 g/mol. The molecular formula is C12H17N4O8P. The van der Waals surface area contributed by atoms with Crippen LogP contribution in [0.4, 0.5) is 11.6 Å². The van der Waals surface area contributed by atoms with E-state index >= 15 is 0 Å². The number of nitrogens with two attached hydrogens (primary N) is 1. The van der Waals surface area contributed by atoms with Crippen molar-refractivity contribution in [2.24, 2.45) is 0 Å². The van der Waals surface area contributed by atoms with Gasteiger partial charge in [-0.2, -0.15) is 0 Å². The molecule has 1 saturated heterocycles. The maximum absolute atomic E-state index is 12.3. The van der Waals surface area contributed by atoms with Crippen LogP contribution in [0.15, 0.2) is 0 Å². The van der Waals surface area contributed by atoms with E-state index in [2.05, 4.69) is 14.5 Å². The number of ether oxygens (including phenoxy) is 1. The molecule has 0 spiro atoms. The number of nitrogen functional groups attached to an aromatic ring is 1. The number of aliphatic hydroxyl groups excluding tert-OH is 2. The number of carbonyl (C=O) groups is 1. The van der Waals surface area contributed by atoms with Gasteiger partial charge in [-0.3, -0.25) is 14.2 Å². The number of fused-ring (bicyclic) bond motifs is 1. The molecule has 13 heteroatoms. The number of amides is 1. The van der Waals surface area contributed by atoms with Gasteiger partial charge in [0.05, 0.1) is 13.0 Å². The summed E-state index contributed by atoms with van der Waals surface area (Å²) >= 11 is 0. The smallest absolute Gasteiger partial charge is 0.387 e. The molecule has 2 aliphatic heterocycles. The number of aromatic nitrogens is 2. The summed E-state index contributed by atoms with van der Waals surface area (Å²) in [4.78, 5) is 39.0. The van der Waals surface area contributed by atoms with Crippen LogP contribution >= 0.6 is 7.82 Å². The van der Waals surface area contributed by atoms with Gasteiger partial charge in [0.1, 0.15) is 35.8 Å². The molecule has 0 radical (unpaired) electrons. The van der Waals surface area contributed by atoms with Crippen LogP contribution in [0.5, 0.6) is 0 Å². The van der Waals surface area contributed by atoms with E-state index in [-0.39, 0.29) is 18.1 Å². The molecule has 2 aliphatic rings. The molecular weight excluding hydrogens is 359 g/mol. The summed E-state index contributed by atoms with van der Waals surface area (Å²) < 4.78 is 20.5. The first-order chi connectivity index (χ1) is 11.6. The molecule has 0 unspecified atom stereocenters. The fourth-order valence-electron chi connectivity index (χ4n) is 2.84. The van der Waals surface area contributed by atoms with Gasteiger partial charge < -0.3 is 30.5 Å². The molecule has 3 rings (SSSR count). The molecule has 0 bridgehead atoms. The standard InChI is InChI=1S/C12H17N4O8P/c1-4-14-10(13)5-2-7(17)16(11(5)15-4)12-9(19)8(18)6(24-12)3-23-25(20,21)22/h6,8-9,12,18-19H,2-3H2,1H3,(H2,13,14,15)(H2,20,21,22)/t6-,8-,9-,12-/m1/s1. The molecule has 6 N–H and O–H groups in total. The van der Waals surface area contributed by atoms with Crippen molar-refractivity contribution in [1.82, 2.24) is 9.97 Å². The lowest BCUT2D eigenvalue weighted by atomic mass is 10.1. The third-order valence-corrected chi connectivity index (χ3v) is 4.44. The highest BCUT2D eigenvalue weighted by molar-refractivity contribution is 7.46. The number of aliphatic hydroxyl groups is 2. The Kier molecular flexibility index (Phi) is 4.54. The van der Waals surface area contributed by atoms with E-state index in [9.17, 15) is 19.6 Å². The normalized spacial score (nSPS) is 29.3. The van der Waals surface area contributed by atoms with Gasteiger partial charge >= 0.3 is 7.82 Å². The van der Waals surface area contributed by atoms with Crippen LogP contribution in [0.25, 0.3) is 0 Å². The van der Waals surface area contributed by atoms with E-state index < -0.39 is 44.9 Å². The van der Waals surface area contributed by atoms with E-state index in [0.717, 1.165) is 4.90 Å². The minimum atomic E-state index is -4.78. The molecule has 3 heterocycles. The van der Waals surface area contributed by atoms with Gasteiger partial charge in [-0.15, -0.1) is 0 Å². The van der Waals surface area contributed by atoms with Crippen molar-refractivity contribution < 1.29 is 38.6 Å². The summed E-state index contributed by atoms with van der Waals surface area (Å²) in [5.41, 5.74) is 6.18. The number of phosphoric ester groups is 1. The van der Waals surface area contributed by atoms with Crippen LogP contribution in [-0.4, -0.2) is 67.0 Å². The number of hydrogen-bond acceptors (Lipinski definition) is 9. The van der Waals surface area contributed by atoms with Gasteiger partial charge in [-0.25, -0.2) is 14.5 Å². The third kappa shape index (κ3) is 3.37. The predicted molar refractivity (Wildman–Crippen MR) is 81.0 cm³/mol. The summed E-state index contributed by atoms with van der Waals surface area (Å²) in [5, 5.41) is 20.2. The second-order valence-corrected chi connectivity index (χ2v) is 6.97.